The summed E-state index contributed by atoms with van der Waals surface area (Å²) in [5.41, 5.74) is 1.02. The van der Waals surface area contributed by atoms with Gasteiger partial charge in [0, 0.05) is 11.3 Å². The smallest absolute Gasteiger partial charge is 0.416 e. The molecule has 1 N–H and O–H groups in total. The maximum Gasteiger partial charge on any atom is 0.416 e. The number of anilines is 1. The van der Waals surface area contributed by atoms with Crippen molar-refractivity contribution in [1.82, 2.24) is 9.66 Å². The van der Waals surface area contributed by atoms with Crippen molar-refractivity contribution >= 4 is 56.2 Å². The Morgan fingerprint density at radius 3 is 2.53 bits per heavy atom. The Hall–Kier alpha value is -4.48. The first kappa shape index (κ1) is 30.0. The molecule has 0 atom stereocenters. The molecule has 5 aromatic rings. The number of benzene rings is 4. The van der Waals surface area contributed by atoms with Crippen molar-refractivity contribution in [2.75, 3.05) is 11.9 Å². The zero-order chi connectivity index (χ0) is 30.7. The molecule has 1 amide bonds. The van der Waals surface area contributed by atoms with Crippen LogP contribution in [0.15, 0.2) is 99.3 Å². The van der Waals surface area contributed by atoms with Gasteiger partial charge in [-0.15, -0.1) is 0 Å². The summed E-state index contributed by atoms with van der Waals surface area (Å²) in [6, 6.07) is 21.4. The van der Waals surface area contributed by atoms with Crippen LogP contribution in [0.25, 0.3) is 22.3 Å². The van der Waals surface area contributed by atoms with E-state index in [1.54, 1.807) is 42.5 Å². The van der Waals surface area contributed by atoms with E-state index in [1.165, 1.54) is 24.4 Å². The highest BCUT2D eigenvalue weighted by Crippen LogP contribution is 2.35. The van der Waals surface area contributed by atoms with Crippen LogP contribution >= 0.6 is 27.5 Å². The second-order valence-electron chi connectivity index (χ2n) is 9.41. The number of fused-ring (bicyclic) bond motifs is 1. The summed E-state index contributed by atoms with van der Waals surface area (Å²) < 4.78 is 47.3. The van der Waals surface area contributed by atoms with Crippen molar-refractivity contribution in [2.45, 2.75) is 13.1 Å². The SMILES string of the molecule is Cc1ccc(NC(=O)COc2c(Cl)cc(C=Nn3c(-c4cccc(C(F)(F)F)c4)nc4ccccc4c3=O)cc2Br)cc1. The molecule has 1 heterocycles. The number of carbonyl (C=O) groups excluding carboxylic acids is 1. The van der Waals surface area contributed by atoms with E-state index in [9.17, 15) is 22.8 Å². The monoisotopic (exact) mass is 668 g/mol. The Balaban J connectivity index is 1.44. The standard InChI is InChI=1S/C31H21BrClF3N4O3/c1-18-9-11-22(12-10-18)38-27(41)17-43-28-24(32)13-19(14-25(28)33)16-37-40-29(20-5-4-6-21(15-20)31(34,35)36)39-26-8-3-2-7-23(26)30(40)42/h2-16H,17H2,1H3,(H,38,41). The quantitative estimate of drug-likeness (QED) is 0.180. The van der Waals surface area contributed by atoms with Gasteiger partial charge in [0.05, 0.1) is 32.2 Å². The average molecular weight is 670 g/mol. The Bertz CT molecular complexity index is 1900. The second-order valence-corrected chi connectivity index (χ2v) is 10.7. The molecule has 0 bridgehead atoms. The number of halogens is 5. The van der Waals surface area contributed by atoms with Gasteiger partial charge in [-0.2, -0.15) is 22.9 Å². The maximum absolute atomic E-state index is 13.4. The van der Waals surface area contributed by atoms with Crippen LogP contribution in [-0.4, -0.2) is 28.4 Å². The molecule has 43 heavy (non-hydrogen) atoms. The summed E-state index contributed by atoms with van der Waals surface area (Å²) >= 11 is 9.82. The third kappa shape index (κ3) is 6.95. The highest BCUT2D eigenvalue weighted by Gasteiger charge is 2.31. The van der Waals surface area contributed by atoms with E-state index in [-0.39, 0.29) is 40.1 Å². The number of alkyl halides is 3. The van der Waals surface area contributed by atoms with Crippen LogP contribution in [-0.2, 0) is 11.0 Å². The molecule has 0 radical (unpaired) electrons. The highest BCUT2D eigenvalue weighted by molar-refractivity contribution is 9.10. The number of hydrogen-bond donors (Lipinski definition) is 1. The molecule has 0 aliphatic heterocycles. The van der Waals surface area contributed by atoms with Crippen molar-refractivity contribution in [2.24, 2.45) is 5.10 Å². The summed E-state index contributed by atoms with van der Waals surface area (Å²) in [6.07, 6.45) is -3.27. The van der Waals surface area contributed by atoms with Crippen LogP contribution in [0.1, 0.15) is 16.7 Å². The average Bonchev–Trinajstić information content (AvgIpc) is 2.97. The van der Waals surface area contributed by atoms with Gasteiger partial charge in [-0.3, -0.25) is 9.59 Å². The number of hydrogen-bond acceptors (Lipinski definition) is 5. The van der Waals surface area contributed by atoms with Crippen molar-refractivity contribution in [3.63, 3.8) is 0 Å². The fourth-order valence-corrected chi connectivity index (χ4v) is 5.13. The first-order valence-corrected chi connectivity index (χ1v) is 13.9. The number of nitrogens with zero attached hydrogens (tertiary/aromatic N) is 3. The van der Waals surface area contributed by atoms with Crippen LogP contribution in [0.4, 0.5) is 18.9 Å². The maximum atomic E-state index is 13.4. The minimum Gasteiger partial charge on any atom is -0.481 e. The Labute approximate surface area is 256 Å². The van der Waals surface area contributed by atoms with Crippen LogP contribution in [0, 0.1) is 6.92 Å². The number of amides is 1. The minimum atomic E-state index is -4.59. The van der Waals surface area contributed by atoms with Crippen molar-refractivity contribution in [3.8, 4) is 17.1 Å². The topological polar surface area (TPSA) is 85.6 Å². The normalized spacial score (nSPS) is 11.7. The summed E-state index contributed by atoms with van der Waals surface area (Å²) in [7, 11) is 0. The summed E-state index contributed by atoms with van der Waals surface area (Å²) in [4.78, 5) is 30.2. The van der Waals surface area contributed by atoms with Gasteiger partial charge >= 0.3 is 6.18 Å². The van der Waals surface area contributed by atoms with Crippen LogP contribution in [0.3, 0.4) is 0 Å². The minimum absolute atomic E-state index is 0.0571. The number of ether oxygens (including phenoxy) is 1. The van der Waals surface area contributed by atoms with Gasteiger partial charge in [0.25, 0.3) is 11.5 Å². The van der Waals surface area contributed by atoms with E-state index in [2.05, 4.69) is 31.3 Å². The Kier molecular flexibility index (Phi) is 8.65. The van der Waals surface area contributed by atoms with E-state index in [4.69, 9.17) is 16.3 Å². The van der Waals surface area contributed by atoms with Gasteiger partial charge in [-0.05, 0) is 76.9 Å². The van der Waals surface area contributed by atoms with Gasteiger partial charge in [0.1, 0.15) is 0 Å². The molecule has 5 rings (SSSR count). The third-order valence-electron chi connectivity index (χ3n) is 6.23. The molecule has 0 aliphatic carbocycles. The zero-order valence-corrected chi connectivity index (χ0v) is 24.7. The van der Waals surface area contributed by atoms with Gasteiger partial charge in [-0.25, -0.2) is 4.98 Å². The van der Waals surface area contributed by atoms with Crippen molar-refractivity contribution in [1.29, 1.82) is 0 Å². The van der Waals surface area contributed by atoms with E-state index >= 15 is 0 Å². The van der Waals surface area contributed by atoms with Gasteiger partial charge in [0.15, 0.2) is 18.2 Å². The van der Waals surface area contributed by atoms with Crippen LogP contribution in [0.2, 0.25) is 5.02 Å². The predicted molar refractivity (Wildman–Crippen MR) is 164 cm³/mol. The zero-order valence-electron chi connectivity index (χ0n) is 22.3. The predicted octanol–water partition coefficient (Wildman–Crippen LogP) is 7.71. The fraction of sp³-hybridized carbons (Fsp3) is 0.0968. The fourth-order valence-electron chi connectivity index (χ4n) is 4.14. The third-order valence-corrected chi connectivity index (χ3v) is 7.10. The molecule has 12 heteroatoms. The molecular weight excluding hydrogens is 649 g/mol. The van der Waals surface area contributed by atoms with Crippen molar-refractivity contribution < 1.29 is 22.7 Å². The van der Waals surface area contributed by atoms with Crippen LogP contribution < -0.4 is 15.6 Å². The Morgan fingerprint density at radius 2 is 1.81 bits per heavy atom. The lowest BCUT2D eigenvalue weighted by Gasteiger charge is -2.13. The molecule has 0 spiro atoms. The lowest BCUT2D eigenvalue weighted by Crippen LogP contribution is -2.20. The molecular formula is C31H21BrClF3N4O3. The number of rotatable bonds is 7. The first-order chi connectivity index (χ1) is 20.5. The number of carbonyl (C=O) groups is 1. The van der Waals surface area contributed by atoms with E-state index in [0.29, 0.717) is 21.2 Å². The molecule has 0 fully saturated rings. The number of aryl methyl sites for hydroxylation is 1. The first-order valence-electron chi connectivity index (χ1n) is 12.7. The van der Waals surface area contributed by atoms with Gasteiger partial charge < -0.3 is 10.1 Å². The molecule has 0 aliphatic rings. The number of nitrogens with one attached hydrogen (secondary N) is 1. The molecule has 0 saturated heterocycles. The lowest BCUT2D eigenvalue weighted by atomic mass is 10.1. The molecule has 218 valence electrons. The highest BCUT2D eigenvalue weighted by atomic mass is 79.9. The van der Waals surface area contributed by atoms with E-state index < -0.39 is 17.3 Å². The van der Waals surface area contributed by atoms with Crippen molar-refractivity contribution in [3.05, 3.63) is 121 Å². The summed E-state index contributed by atoms with van der Waals surface area (Å²) in [5.74, 6) is -0.245. The second kappa shape index (κ2) is 12.4. The number of aromatic nitrogens is 2. The van der Waals surface area contributed by atoms with Gasteiger partial charge in [0.2, 0.25) is 0 Å². The van der Waals surface area contributed by atoms with Crippen LogP contribution in [0.5, 0.6) is 5.75 Å². The number of para-hydroxylation sites is 1. The Morgan fingerprint density at radius 1 is 1.07 bits per heavy atom. The lowest BCUT2D eigenvalue weighted by molar-refractivity contribution is -0.137. The molecule has 0 unspecified atom stereocenters. The summed E-state index contributed by atoms with van der Waals surface area (Å²) in [5, 5.41) is 7.41. The summed E-state index contributed by atoms with van der Waals surface area (Å²) in [6.45, 7) is 1.63. The van der Waals surface area contributed by atoms with E-state index in [1.807, 2.05) is 19.1 Å². The molecule has 1 aromatic heterocycles. The molecule has 4 aromatic carbocycles. The van der Waals surface area contributed by atoms with E-state index in [0.717, 1.165) is 22.4 Å². The van der Waals surface area contributed by atoms with Gasteiger partial charge in [-0.1, -0.05) is 53.6 Å². The molecule has 7 nitrogen and oxygen atoms in total. The largest absolute Gasteiger partial charge is 0.481 e. The molecule has 0 saturated carbocycles.